The molecule has 11 nitrogen and oxygen atoms in total. The van der Waals surface area contributed by atoms with Gasteiger partial charge in [-0.25, -0.2) is 0 Å². The summed E-state index contributed by atoms with van der Waals surface area (Å²) in [5.41, 5.74) is 1.35. The molecule has 0 spiro atoms. The molecule has 2 unspecified atom stereocenters. The summed E-state index contributed by atoms with van der Waals surface area (Å²) in [6.45, 7) is 109. The number of likely N-dealkylation sites (N-methyl/N-ethyl adjacent to an activating group) is 2. The van der Waals surface area contributed by atoms with Crippen molar-refractivity contribution in [2.24, 2.45) is 23.7 Å². The Hall–Kier alpha value is -0.440. The molecular formula is C101H241N11. The SMILES string of the molecule is CC.CC.CC.CC.CC.CC.CC.CC1CC1.CC1CC1.CC1CCCC(C)(C)N(C)C(C)(C)C1.CC1CCCC(C)(C)NC(C)(C)C1.CCCCCN(C)C.CCCCN(C)C.CCCCN(CC)CC.CCCCN(CC)CCCN(CC)CC.CCCN(C)C.CCCN(C)CCN(C)C.CCCN(CC)CC. The molecule has 11 heteroatoms. The van der Waals surface area contributed by atoms with Gasteiger partial charge >= 0.3 is 0 Å². The largest absolute Gasteiger partial charge is 0.309 e. The average Bonchev–Trinajstić information content (AvgIpc) is 0.894. The molecular weight excluding hydrogens is 1370 g/mol. The molecule has 0 aromatic heterocycles. The van der Waals surface area contributed by atoms with Crippen molar-refractivity contribution in [1.29, 1.82) is 0 Å². The maximum absolute atomic E-state index is 3.76. The predicted molar refractivity (Wildman–Crippen MR) is 536 cm³/mol. The molecule has 2 saturated carbocycles. The van der Waals surface area contributed by atoms with Crippen LogP contribution in [0.1, 0.15) is 437 Å². The van der Waals surface area contributed by atoms with Gasteiger partial charge in [-0.15, -0.1) is 0 Å². The van der Waals surface area contributed by atoms with Crippen molar-refractivity contribution in [3.63, 3.8) is 0 Å². The maximum Gasteiger partial charge on any atom is 0.0158 e. The number of likely N-dealkylation sites (tertiary alicyclic amines) is 1. The van der Waals surface area contributed by atoms with Crippen molar-refractivity contribution >= 4 is 0 Å². The summed E-state index contributed by atoms with van der Waals surface area (Å²) < 4.78 is 0. The van der Waals surface area contributed by atoms with Gasteiger partial charge in [0.15, 0.2) is 0 Å². The zero-order valence-corrected chi connectivity index (χ0v) is 89.7. The highest BCUT2D eigenvalue weighted by molar-refractivity contribution is 4.93. The van der Waals surface area contributed by atoms with E-state index in [1.807, 2.05) is 96.9 Å². The maximum atomic E-state index is 3.76. The van der Waals surface area contributed by atoms with Crippen LogP contribution in [0.5, 0.6) is 0 Å². The van der Waals surface area contributed by atoms with E-state index in [2.05, 4.69) is 305 Å². The van der Waals surface area contributed by atoms with Crippen molar-refractivity contribution < 1.29 is 0 Å². The average molecular weight is 1610 g/mol. The summed E-state index contributed by atoms with van der Waals surface area (Å²) in [4.78, 5) is 23.8. The number of hydrogen-bond donors (Lipinski definition) is 1. The third kappa shape index (κ3) is 133. The van der Waals surface area contributed by atoms with Crippen LogP contribution in [0.2, 0.25) is 0 Å². The fourth-order valence-corrected chi connectivity index (χ4v) is 12.3. The van der Waals surface area contributed by atoms with Gasteiger partial charge in [0.25, 0.3) is 0 Å². The van der Waals surface area contributed by atoms with Crippen LogP contribution >= 0.6 is 0 Å². The summed E-state index contributed by atoms with van der Waals surface area (Å²) in [5.74, 6) is 3.92. The van der Waals surface area contributed by atoms with Crippen LogP contribution in [-0.2, 0) is 0 Å². The first kappa shape index (κ1) is 143. The summed E-state index contributed by atoms with van der Waals surface area (Å²) in [7, 11) is 21.3. The van der Waals surface area contributed by atoms with Crippen molar-refractivity contribution in [3.8, 4) is 0 Å². The Bertz CT molecular complexity index is 1490. The zero-order chi connectivity index (χ0) is 91.2. The van der Waals surface area contributed by atoms with E-state index in [1.54, 1.807) is 0 Å². The van der Waals surface area contributed by atoms with Crippen LogP contribution in [0, 0.1) is 23.7 Å². The lowest BCUT2D eigenvalue weighted by Crippen LogP contribution is -2.54. The number of rotatable bonds is 33. The fraction of sp³-hybridized carbons (Fsp3) is 1.00. The van der Waals surface area contributed by atoms with Crippen LogP contribution < -0.4 is 5.32 Å². The molecule has 0 amide bonds. The lowest BCUT2D eigenvalue weighted by atomic mass is 9.79. The van der Waals surface area contributed by atoms with Gasteiger partial charge in [0.1, 0.15) is 0 Å². The van der Waals surface area contributed by atoms with E-state index in [1.165, 1.54) is 272 Å². The molecule has 2 heterocycles. The van der Waals surface area contributed by atoms with Crippen LogP contribution in [0.15, 0.2) is 0 Å². The molecule has 0 radical (unpaired) electrons. The molecule has 4 rings (SSSR count). The van der Waals surface area contributed by atoms with Gasteiger partial charge in [-0.3, -0.25) is 4.90 Å². The van der Waals surface area contributed by atoms with Crippen LogP contribution in [0.3, 0.4) is 0 Å². The molecule has 0 aromatic rings. The number of nitrogens with zero attached hydrogens (tertiary/aromatic N) is 10. The van der Waals surface area contributed by atoms with Gasteiger partial charge in [0.05, 0.1) is 0 Å². The quantitative estimate of drug-likeness (QED) is 0.0640. The normalized spacial score (nSPS) is 16.4. The summed E-state index contributed by atoms with van der Waals surface area (Å²) in [5, 5.41) is 3.76. The van der Waals surface area contributed by atoms with Gasteiger partial charge in [-0.2, -0.15) is 0 Å². The first-order chi connectivity index (χ1) is 52.8. The second-order valence-electron chi connectivity index (χ2n) is 34.0. The Morgan fingerprint density at radius 3 is 0.839 bits per heavy atom. The standard InChI is InChI=1S/C13H30N2.C13H27N.C12H25N.C8H20N2.C8H19N.2C7H17N.C6H15N.C5H13N.2C4H8.7C2H6/c1-5-9-11-15(8-4)13-10-12-14(6-2)7-3;1-11-8-7-9-12(2,3)14(6)13(4,5)10-11;1-10-7-6-8-11(2,3)13-12(4,5)9-10;1-5-6-10(4)8-7-9(2)3;1-4-7-8-9(5-2)6-3;1-4-5-6-7-8(2)3;1-4-7-8(5-2)6-3;1-4-5-6-7(2)3;1-4-5-6(2)3;2*1-4-2-3-4;7*1-2/h5-13H2,1-4H3;11H,7-10H2,1-6H3;10,13H,6-9H2,1-5H3;5-8H2,1-4H3;4-8H2,1-3H3;2*4-7H2,1-3H3;4-6H2,1-3H3;4-5H2,1-3H3;2*4H,2-3H2,1H3;7*1-2H3. The summed E-state index contributed by atoms with van der Waals surface area (Å²) in [6, 6.07) is 0. The third-order valence-electron chi connectivity index (χ3n) is 19.6. The third-order valence-corrected chi connectivity index (χ3v) is 19.6. The van der Waals surface area contributed by atoms with E-state index in [9.17, 15) is 0 Å². The lowest BCUT2D eigenvalue weighted by Gasteiger charge is -2.49. The van der Waals surface area contributed by atoms with Gasteiger partial charge in [-0.05, 0) is 331 Å². The van der Waals surface area contributed by atoms with E-state index in [4.69, 9.17) is 0 Å². The number of hydrogen-bond acceptors (Lipinski definition) is 11. The van der Waals surface area contributed by atoms with Crippen LogP contribution in [0.25, 0.3) is 0 Å². The molecule has 2 saturated heterocycles. The molecule has 700 valence electrons. The highest BCUT2D eigenvalue weighted by atomic mass is 15.2. The van der Waals surface area contributed by atoms with Crippen LogP contribution in [-0.4, -0.2) is 259 Å². The molecule has 4 aliphatic rings. The molecule has 2 aliphatic heterocycles. The predicted octanol–water partition coefficient (Wildman–Crippen LogP) is 28.7. The van der Waals surface area contributed by atoms with Gasteiger partial charge in [-0.1, -0.05) is 305 Å². The van der Waals surface area contributed by atoms with E-state index < -0.39 is 0 Å². The number of nitrogens with one attached hydrogen (secondary N) is 1. The Morgan fingerprint density at radius 1 is 0.268 bits per heavy atom. The second kappa shape index (κ2) is 111. The minimum Gasteiger partial charge on any atom is -0.309 e. The van der Waals surface area contributed by atoms with Crippen molar-refractivity contribution in [2.75, 3.05) is 188 Å². The Morgan fingerprint density at radius 2 is 0.554 bits per heavy atom. The molecule has 1 N–H and O–H groups in total. The van der Waals surface area contributed by atoms with Crippen LogP contribution in [0.4, 0.5) is 0 Å². The minimum absolute atomic E-state index is 0.309. The fourth-order valence-electron chi connectivity index (χ4n) is 12.3. The summed E-state index contributed by atoms with van der Waals surface area (Å²) >= 11 is 0. The van der Waals surface area contributed by atoms with Crippen molar-refractivity contribution in [2.45, 2.75) is 460 Å². The second-order valence-corrected chi connectivity index (χ2v) is 34.0. The minimum atomic E-state index is 0.309. The van der Waals surface area contributed by atoms with E-state index in [0.29, 0.717) is 22.2 Å². The van der Waals surface area contributed by atoms with E-state index in [0.717, 1.165) is 30.2 Å². The Balaban J connectivity index is -0.0000000785. The Kier molecular flexibility index (Phi) is 141. The highest BCUT2D eigenvalue weighted by Gasteiger charge is 2.37. The molecule has 2 aliphatic carbocycles. The van der Waals surface area contributed by atoms with Gasteiger partial charge in [0, 0.05) is 35.2 Å². The Labute approximate surface area is 721 Å². The topological polar surface area (TPSA) is 44.4 Å². The molecule has 4 fully saturated rings. The number of unbranched alkanes of at least 4 members (excludes halogenated alkanes) is 5. The molecule has 0 aromatic carbocycles. The van der Waals surface area contributed by atoms with Crippen molar-refractivity contribution in [3.05, 3.63) is 0 Å². The van der Waals surface area contributed by atoms with E-state index in [-0.39, 0.29) is 0 Å². The zero-order valence-electron chi connectivity index (χ0n) is 89.7. The first-order valence-corrected chi connectivity index (χ1v) is 49.5. The van der Waals surface area contributed by atoms with E-state index >= 15 is 0 Å². The lowest BCUT2D eigenvalue weighted by molar-refractivity contribution is 0.00977. The van der Waals surface area contributed by atoms with Gasteiger partial charge < -0.3 is 49.4 Å². The molecule has 2 atom stereocenters. The highest BCUT2D eigenvalue weighted by Crippen LogP contribution is 2.36. The summed E-state index contributed by atoms with van der Waals surface area (Å²) in [6.07, 6.45) is 33.9. The first-order valence-electron chi connectivity index (χ1n) is 49.5. The monoisotopic (exact) mass is 1610 g/mol. The molecule has 112 heavy (non-hydrogen) atoms. The molecule has 0 bridgehead atoms. The van der Waals surface area contributed by atoms with Gasteiger partial charge in [0.2, 0.25) is 0 Å². The van der Waals surface area contributed by atoms with Crippen molar-refractivity contribution in [1.82, 2.24) is 54.3 Å². The smallest absolute Gasteiger partial charge is 0.0158 e.